The van der Waals surface area contributed by atoms with Crippen LogP contribution in [0.4, 0.5) is 5.69 Å². The molecule has 2 atom stereocenters. The van der Waals surface area contributed by atoms with Crippen molar-refractivity contribution in [1.29, 1.82) is 0 Å². The minimum Gasteiger partial charge on any atom is -0.372 e. The topological polar surface area (TPSA) is 60.9 Å². The second kappa shape index (κ2) is 10.2. The molecule has 0 spiro atoms. The smallest absolute Gasteiger partial charge is 0.255 e. The number of carbonyl (C=O) groups excluding carboxylic acids is 1. The quantitative estimate of drug-likeness (QED) is 0.463. The first kappa shape index (κ1) is 24.9. The molecule has 0 aromatic heterocycles. The van der Waals surface area contributed by atoms with E-state index in [1.165, 1.54) is 4.31 Å². The Morgan fingerprint density at radius 2 is 1.51 bits per heavy atom. The summed E-state index contributed by atoms with van der Waals surface area (Å²) < 4.78 is 29.1. The lowest BCUT2D eigenvalue weighted by Crippen LogP contribution is -2.39. The minimum atomic E-state index is -3.84. The van der Waals surface area contributed by atoms with Gasteiger partial charge in [-0.25, -0.2) is 8.42 Å². The summed E-state index contributed by atoms with van der Waals surface area (Å²) in [6.45, 7) is 10.0. The van der Waals surface area contributed by atoms with Gasteiger partial charge in [0.2, 0.25) is 10.0 Å². The van der Waals surface area contributed by atoms with Crippen molar-refractivity contribution in [1.82, 2.24) is 9.21 Å². The van der Waals surface area contributed by atoms with Gasteiger partial charge in [-0.1, -0.05) is 48.0 Å². The fraction of sp³-hybridized carbons (Fsp3) is 0.321. The van der Waals surface area contributed by atoms with Crippen molar-refractivity contribution >= 4 is 21.6 Å². The lowest BCUT2D eigenvalue weighted by Gasteiger charge is -2.32. The van der Waals surface area contributed by atoms with Crippen LogP contribution in [0.1, 0.15) is 48.4 Å². The van der Waals surface area contributed by atoms with E-state index in [0.29, 0.717) is 5.56 Å². The Labute approximate surface area is 208 Å². The summed E-state index contributed by atoms with van der Waals surface area (Å²) in [5, 5.41) is 0. The number of amides is 1. The summed E-state index contributed by atoms with van der Waals surface area (Å²) >= 11 is 0. The number of sulfonamides is 1. The molecule has 3 aromatic carbocycles. The van der Waals surface area contributed by atoms with Gasteiger partial charge in [0.25, 0.3) is 5.91 Å². The molecule has 3 aromatic rings. The lowest BCUT2D eigenvalue weighted by molar-refractivity contribution is 0.0640. The third-order valence-electron chi connectivity index (χ3n) is 6.66. The Balaban J connectivity index is 1.80. The van der Waals surface area contributed by atoms with Gasteiger partial charge in [-0.2, -0.15) is 4.31 Å². The van der Waals surface area contributed by atoms with Crippen LogP contribution in [0.5, 0.6) is 0 Å². The van der Waals surface area contributed by atoms with Gasteiger partial charge in [0.1, 0.15) is 6.17 Å². The Morgan fingerprint density at radius 3 is 2.09 bits per heavy atom. The number of rotatable bonds is 7. The van der Waals surface area contributed by atoms with Gasteiger partial charge in [0, 0.05) is 36.9 Å². The molecular formula is C28H33N3O3S. The van der Waals surface area contributed by atoms with E-state index in [1.807, 2.05) is 56.3 Å². The molecule has 0 bridgehead atoms. The van der Waals surface area contributed by atoms with E-state index in [2.05, 4.69) is 18.7 Å². The monoisotopic (exact) mass is 491 g/mol. The van der Waals surface area contributed by atoms with Crippen molar-refractivity contribution in [2.75, 3.05) is 24.5 Å². The third kappa shape index (κ3) is 4.83. The van der Waals surface area contributed by atoms with E-state index < -0.39 is 16.2 Å². The zero-order valence-corrected chi connectivity index (χ0v) is 21.6. The molecule has 1 saturated heterocycles. The summed E-state index contributed by atoms with van der Waals surface area (Å²) in [5.41, 5.74) is 3.37. The van der Waals surface area contributed by atoms with Crippen LogP contribution in [0.2, 0.25) is 0 Å². The first-order valence-corrected chi connectivity index (χ1v) is 13.5. The van der Waals surface area contributed by atoms with Crippen LogP contribution >= 0.6 is 0 Å². The number of anilines is 1. The van der Waals surface area contributed by atoms with Crippen LogP contribution in [0.15, 0.2) is 83.8 Å². The molecule has 4 rings (SSSR count). The molecule has 1 fully saturated rings. The largest absolute Gasteiger partial charge is 0.372 e. The van der Waals surface area contributed by atoms with Crippen LogP contribution in [-0.2, 0) is 10.0 Å². The molecule has 184 valence electrons. The summed E-state index contributed by atoms with van der Waals surface area (Å²) in [7, 11) is -3.84. The molecular weight excluding hydrogens is 458 g/mol. The number of hydrogen-bond donors (Lipinski definition) is 0. The van der Waals surface area contributed by atoms with E-state index >= 15 is 0 Å². The van der Waals surface area contributed by atoms with E-state index in [9.17, 15) is 13.2 Å². The van der Waals surface area contributed by atoms with Gasteiger partial charge in [0.15, 0.2) is 0 Å². The molecule has 0 aliphatic carbocycles. The Bertz CT molecular complexity index is 1260. The van der Waals surface area contributed by atoms with Crippen LogP contribution in [0.3, 0.4) is 0 Å². The molecule has 1 heterocycles. The highest BCUT2D eigenvalue weighted by Gasteiger charge is 2.47. The Morgan fingerprint density at radius 1 is 0.914 bits per heavy atom. The SMILES string of the molecule is CCN(CC)c1ccc([C@H]2N(C(=O)c3ccccc3)[C@@H](C)CN2S(=O)(=O)c2ccc(C)cc2)cc1. The summed E-state index contributed by atoms with van der Waals surface area (Å²) in [6.07, 6.45) is -0.741. The van der Waals surface area contributed by atoms with Gasteiger partial charge in [-0.3, -0.25) is 4.79 Å². The van der Waals surface area contributed by atoms with E-state index in [1.54, 1.807) is 41.3 Å². The van der Waals surface area contributed by atoms with Crippen LogP contribution < -0.4 is 4.90 Å². The van der Waals surface area contributed by atoms with Crippen molar-refractivity contribution in [3.63, 3.8) is 0 Å². The highest BCUT2D eigenvalue weighted by atomic mass is 32.2. The highest BCUT2D eigenvalue weighted by Crippen LogP contribution is 2.39. The Hall–Kier alpha value is -3.16. The van der Waals surface area contributed by atoms with Crippen molar-refractivity contribution in [2.45, 2.75) is 44.8 Å². The summed E-state index contributed by atoms with van der Waals surface area (Å²) in [6, 6.07) is 23.5. The predicted octanol–water partition coefficient (Wildman–Crippen LogP) is 5.08. The van der Waals surface area contributed by atoms with Crippen molar-refractivity contribution in [3.8, 4) is 0 Å². The third-order valence-corrected chi connectivity index (χ3v) is 8.49. The van der Waals surface area contributed by atoms with Crippen LogP contribution in [0.25, 0.3) is 0 Å². The second-order valence-electron chi connectivity index (χ2n) is 8.95. The molecule has 0 radical (unpaired) electrons. The summed E-state index contributed by atoms with van der Waals surface area (Å²) in [5.74, 6) is -0.183. The molecule has 0 N–H and O–H groups in total. The molecule has 7 heteroatoms. The predicted molar refractivity (Wildman–Crippen MR) is 140 cm³/mol. The van der Waals surface area contributed by atoms with Gasteiger partial charge >= 0.3 is 0 Å². The van der Waals surface area contributed by atoms with Gasteiger partial charge in [-0.15, -0.1) is 0 Å². The molecule has 1 aliphatic rings. The number of carbonyl (C=O) groups is 1. The van der Waals surface area contributed by atoms with Crippen molar-refractivity contribution < 1.29 is 13.2 Å². The van der Waals surface area contributed by atoms with Crippen LogP contribution in [-0.4, -0.2) is 49.2 Å². The zero-order chi connectivity index (χ0) is 25.2. The van der Waals surface area contributed by atoms with Crippen molar-refractivity contribution in [2.24, 2.45) is 0 Å². The average molecular weight is 492 g/mol. The standard InChI is InChI=1S/C28H33N3O3S/c1-5-29(6-2)25-16-14-23(15-17-25)27-30(35(33,34)26-18-12-21(3)13-19-26)20-22(4)31(27)28(32)24-10-8-7-9-11-24/h7-19,22,27H,5-6,20H2,1-4H3/t22-,27+/m0/s1. The lowest BCUT2D eigenvalue weighted by atomic mass is 10.1. The molecule has 0 unspecified atom stereocenters. The Kier molecular flexibility index (Phi) is 7.28. The maximum absolute atomic E-state index is 13.8. The van der Waals surface area contributed by atoms with E-state index in [4.69, 9.17) is 0 Å². The number of hydrogen-bond acceptors (Lipinski definition) is 4. The normalized spacial score (nSPS) is 18.6. The zero-order valence-electron chi connectivity index (χ0n) is 20.8. The number of nitrogens with zero attached hydrogens (tertiary/aromatic N) is 3. The fourth-order valence-electron chi connectivity index (χ4n) is 4.72. The fourth-order valence-corrected chi connectivity index (χ4v) is 6.37. The second-order valence-corrected chi connectivity index (χ2v) is 10.8. The van der Waals surface area contributed by atoms with Gasteiger partial charge in [0.05, 0.1) is 4.90 Å². The van der Waals surface area contributed by atoms with E-state index in [-0.39, 0.29) is 23.4 Å². The molecule has 1 amide bonds. The van der Waals surface area contributed by atoms with Crippen LogP contribution in [0, 0.1) is 6.92 Å². The first-order chi connectivity index (χ1) is 16.8. The first-order valence-electron chi connectivity index (χ1n) is 12.1. The number of benzene rings is 3. The molecule has 35 heavy (non-hydrogen) atoms. The summed E-state index contributed by atoms with van der Waals surface area (Å²) in [4.78, 5) is 17.8. The maximum atomic E-state index is 13.8. The maximum Gasteiger partial charge on any atom is 0.255 e. The van der Waals surface area contributed by atoms with E-state index in [0.717, 1.165) is 29.9 Å². The van der Waals surface area contributed by atoms with Gasteiger partial charge < -0.3 is 9.80 Å². The average Bonchev–Trinajstić information content (AvgIpc) is 3.23. The number of aryl methyl sites for hydroxylation is 1. The molecule has 1 aliphatic heterocycles. The highest BCUT2D eigenvalue weighted by molar-refractivity contribution is 7.89. The van der Waals surface area contributed by atoms with Gasteiger partial charge in [-0.05, 0) is 69.7 Å². The minimum absolute atomic E-state index is 0.183. The van der Waals surface area contributed by atoms with Crippen molar-refractivity contribution in [3.05, 3.63) is 95.6 Å². The molecule has 0 saturated carbocycles. The molecule has 6 nitrogen and oxygen atoms in total.